The van der Waals surface area contributed by atoms with E-state index in [9.17, 15) is 9.59 Å². The number of carbonyl (C=O) groups excluding carboxylic acids is 2. The lowest BCUT2D eigenvalue weighted by atomic mass is 10.1. The normalized spacial score (nSPS) is 16.9. The molecule has 0 aliphatic carbocycles. The number of benzene rings is 1. The Morgan fingerprint density at radius 3 is 2.52 bits per heavy atom. The third kappa shape index (κ3) is 6.03. The monoisotopic (exact) mass is 365 g/mol. The molecule has 1 fully saturated rings. The molecular weight excluding hydrogens is 338 g/mol. The van der Waals surface area contributed by atoms with Crippen LogP contribution in [0.15, 0.2) is 24.3 Å². The van der Waals surface area contributed by atoms with Gasteiger partial charge in [0.25, 0.3) is 5.91 Å². The van der Waals surface area contributed by atoms with Crippen molar-refractivity contribution in [2.75, 3.05) is 13.2 Å². The number of hydrogen-bond donors (Lipinski definition) is 0. The second-order valence-electron chi connectivity index (χ2n) is 6.60. The summed E-state index contributed by atoms with van der Waals surface area (Å²) >= 11 is 5.87. The Hall–Kier alpha value is -1.55. The van der Waals surface area contributed by atoms with Crippen LogP contribution in [0.4, 0.5) is 0 Å². The van der Waals surface area contributed by atoms with Crippen molar-refractivity contribution in [2.24, 2.45) is 0 Å². The number of esters is 1. The Bertz CT molecular complexity index is 559. The first-order chi connectivity index (χ1) is 12.1. The molecule has 1 aromatic carbocycles. The Kier molecular flexibility index (Phi) is 8.26. The van der Waals surface area contributed by atoms with E-state index in [1.54, 1.807) is 29.2 Å². The number of rotatable bonds is 9. The van der Waals surface area contributed by atoms with Gasteiger partial charge in [0.2, 0.25) is 0 Å². The number of ether oxygens (including phenoxy) is 1. The topological polar surface area (TPSA) is 46.6 Å². The molecule has 0 saturated carbocycles. The summed E-state index contributed by atoms with van der Waals surface area (Å²) in [6.07, 6.45) is 8.42. The Balaban J connectivity index is 1.78. The molecule has 1 saturated heterocycles. The molecule has 0 bridgehead atoms. The number of nitrogens with zero attached hydrogens (tertiary/aromatic N) is 1. The number of likely N-dealkylation sites (tertiary alicyclic amines) is 1. The summed E-state index contributed by atoms with van der Waals surface area (Å²) in [6.45, 7) is 3.24. The van der Waals surface area contributed by atoms with Gasteiger partial charge in [-0.05, 0) is 43.5 Å². The third-order valence-electron chi connectivity index (χ3n) is 4.62. The number of amides is 1. The van der Waals surface area contributed by atoms with Gasteiger partial charge in [-0.3, -0.25) is 4.79 Å². The van der Waals surface area contributed by atoms with E-state index in [1.807, 2.05) is 0 Å². The minimum absolute atomic E-state index is 0.129. The van der Waals surface area contributed by atoms with Gasteiger partial charge >= 0.3 is 5.97 Å². The highest BCUT2D eigenvalue weighted by atomic mass is 35.5. The second kappa shape index (κ2) is 10.4. The zero-order chi connectivity index (χ0) is 18.1. The predicted molar refractivity (Wildman–Crippen MR) is 99.8 cm³/mol. The van der Waals surface area contributed by atoms with Crippen molar-refractivity contribution in [3.8, 4) is 0 Å². The van der Waals surface area contributed by atoms with Gasteiger partial charge in [0.1, 0.15) is 6.04 Å². The zero-order valence-corrected chi connectivity index (χ0v) is 15.8. The molecule has 0 radical (unpaired) electrons. The van der Waals surface area contributed by atoms with Gasteiger partial charge in [0, 0.05) is 17.1 Å². The molecule has 1 unspecified atom stereocenters. The van der Waals surface area contributed by atoms with Gasteiger partial charge in [-0.1, -0.05) is 50.6 Å². The summed E-state index contributed by atoms with van der Waals surface area (Å²) in [5.74, 6) is -0.399. The smallest absolute Gasteiger partial charge is 0.328 e. The summed E-state index contributed by atoms with van der Waals surface area (Å²) in [5.41, 5.74) is 0.556. The van der Waals surface area contributed by atoms with Gasteiger partial charge < -0.3 is 9.64 Å². The Morgan fingerprint density at radius 2 is 1.80 bits per heavy atom. The van der Waals surface area contributed by atoms with Gasteiger partial charge in [0.05, 0.1) is 6.61 Å². The fraction of sp³-hybridized carbons (Fsp3) is 0.600. The maximum absolute atomic E-state index is 12.6. The first-order valence-corrected chi connectivity index (χ1v) is 9.74. The summed E-state index contributed by atoms with van der Waals surface area (Å²) in [4.78, 5) is 26.6. The average Bonchev–Trinajstić information content (AvgIpc) is 3.10. The van der Waals surface area contributed by atoms with Crippen LogP contribution < -0.4 is 0 Å². The van der Waals surface area contributed by atoms with Crippen LogP contribution in [0.2, 0.25) is 5.02 Å². The SMILES string of the molecule is CCCCCCCCOC(=O)C1CCCN1C(=O)c1ccc(Cl)cc1. The zero-order valence-electron chi connectivity index (χ0n) is 15.0. The fourth-order valence-corrected chi connectivity index (χ4v) is 3.29. The van der Waals surface area contributed by atoms with Crippen molar-refractivity contribution in [2.45, 2.75) is 64.3 Å². The van der Waals surface area contributed by atoms with E-state index < -0.39 is 6.04 Å². The lowest BCUT2D eigenvalue weighted by Crippen LogP contribution is -2.41. The van der Waals surface area contributed by atoms with E-state index in [-0.39, 0.29) is 11.9 Å². The molecule has 1 amide bonds. The molecule has 4 nitrogen and oxygen atoms in total. The van der Waals surface area contributed by atoms with Crippen LogP contribution in [-0.4, -0.2) is 36.0 Å². The van der Waals surface area contributed by atoms with Crippen molar-refractivity contribution in [3.05, 3.63) is 34.9 Å². The molecule has 1 aliphatic rings. The van der Waals surface area contributed by atoms with Crippen molar-refractivity contribution < 1.29 is 14.3 Å². The number of carbonyl (C=O) groups is 2. The molecule has 1 aliphatic heterocycles. The molecule has 138 valence electrons. The van der Waals surface area contributed by atoms with Crippen LogP contribution >= 0.6 is 11.6 Å². The summed E-state index contributed by atoms with van der Waals surface area (Å²) < 4.78 is 5.41. The average molecular weight is 366 g/mol. The summed E-state index contributed by atoms with van der Waals surface area (Å²) in [5, 5.41) is 0.591. The molecule has 0 N–H and O–H groups in total. The molecule has 25 heavy (non-hydrogen) atoms. The maximum Gasteiger partial charge on any atom is 0.328 e. The molecule has 1 atom stereocenters. The Morgan fingerprint density at radius 1 is 1.12 bits per heavy atom. The molecule has 1 heterocycles. The summed E-state index contributed by atoms with van der Waals surface area (Å²) in [7, 11) is 0. The highest BCUT2D eigenvalue weighted by Gasteiger charge is 2.35. The van der Waals surface area contributed by atoms with E-state index >= 15 is 0 Å². The van der Waals surface area contributed by atoms with Crippen LogP contribution in [-0.2, 0) is 9.53 Å². The third-order valence-corrected chi connectivity index (χ3v) is 4.87. The van der Waals surface area contributed by atoms with Crippen molar-refractivity contribution in [1.29, 1.82) is 0 Å². The molecule has 2 rings (SSSR count). The number of hydrogen-bond acceptors (Lipinski definition) is 3. The van der Waals surface area contributed by atoms with E-state index in [0.717, 1.165) is 19.3 Å². The van der Waals surface area contributed by atoms with Crippen LogP contribution in [0.25, 0.3) is 0 Å². The first-order valence-electron chi connectivity index (χ1n) is 9.36. The molecular formula is C20H28ClNO3. The van der Waals surface area contributed by atoms with Gasteiger partial charge in [0.15, 0.2) is 0 Å². The van der Waals surface area contributed by atoms with E-state index in [2.05, 4.69) is 6.92 Å². The van der Waals surface area contributed by atoms with Gasteiger partial charge in [-0.15, -0.1) is 0 Å². The quantitative estimate of drug-likeness (QED) is 0.464. The van der Waals surface area contributed by atoms with E-state index in [4.69, 9.17) is 16.3 Å². The number of halogens is 1. The molecule has 0 aromatic heterocycles. The van der Waals surface area contributed by atoms with Crippen LogP contribution in [0.3, 0.4) is 0 Å². The van der Waals surface area contributed by atoms with E-state index in [0.29, 0.717) is 30.2 Å². The largest absolute Gasteiger partial charge is 0.464 e. The second-order valence-corrected chi connectivity index (χ2v) is 7.04. The highest BCUT2D eigenvalue weighted by molar-refractivity contribution is 6.30. The lowest BCUT2D eigenvalue weighted by molar-refractivity contribution is -0.148. The molecule has 1 aromatic rings. The molecule has 0 spiro atoms. The lowest BCUT2D eigenvalue weighted by Gasteiger charge is -2.23. The minimum Gasteiger partial charge on any atom is -0.464 e. The van der Waals surface area contributed by atoms with Crippen LogP contribution in [0, 0.1) is 0 Å². The van der Waals surface area contributed by atoms with Crippen LogP contribution in [0.1, 0.15) is 68.6 Å². The maximum atomic E-state index is 12.6. The fourth-order valence-electron chi connectivity index (χ4n) is 3.16. The van der Waals surface area contributed by atoms with Crippen molar-refractivity contribution in [3.63, 3.8) is 0 Å². The van der Waals surface area contributed by atoms with Crippen molar-refractivity contribution >= 4 is 23.5 Å². The molecule has 5 heteroatoms. The number of unbranched alkanes of at least 4 members (excludes halogenated alkanes) is 5. The van der Waals surface area contributed by atoms with Crippen LogP contribution in [0.5, 0.6) is 0 Å². The Labute approximate surface area is 155 Å². The van der Waals surface area contributed by atoms with Gasteiger partial charge in [-0.25, -0.2) is 4.79 Å². The van der Waals surface area contributed by atoms with Gasteiger partial charge in [-0.2, -0.15) is 0 Å². The van der Waals surface area contributed by atoms with E-state index in [1.165, 1.54) is 25.7 Å². The summed E-state index contributed by atoms with van der Waals surface area (Å²) in [6, 6.07) is 6.32. The van der Waals surface area contributed by atoms with Crippen molar-refractivity contribution in [1.82, 2.24) is 4.90 Å². The first kappa shape index (κ1) is 19.8. The minimum atomic E-state index is -0.455. The standard InChI is InChI=1S/C20H28ClNO3/c1-2-3-4-5-6-7-15-25-20(24)18-9-8-14-22(18)19(23)16-10-12-17(21)13-11-16/h10-13,18H,2-9,14-15H2,1H3. The predicted octanol–water partition coefficient (Wildman–Crippen LogP) is 4.85. The highest BCUT2D eigenvalue weighted by Crippen LogP contribution is 2.22.